The van der Waals surface area contributed by atoms with E-state index < -0.39 is 0 Å². The van der Waals surface area contributed by atoms with Crippen molar-refractivity contribution in [3.63, 3.8) is 0 Å². The quantitative estimate of drug-likeness (QED) is 0.641. The molecule has 0 aromatic heterocycles. The first-order valence-electron chi connectivity index (χ1n) is 7.89. The Morgan fingerprint density at radius 1 is 1.08 bits per heavy atom. The van der Waals surface area contributed by atoms with Crippen LogP contribution in [0.25, 0.3) is 6.08 Å². The third-order valence-corrected chi connectivity index (χ3v) is 3.39. The second-order valence-electron chi connectivity index (χ2n) is 5.44. The number of ether oxygens (including phenoxy) is 2. The van der Waals surface area contributed by atoms with Crippen LogP contribution in [0.1, 0.15) is 25.0 Å². The maximum atomic E-state index is 12.2. The van der Waals surface area contributed by atoms with Crippen molar-refractivity contribution in [2.24, 2.45) is 0 Å². The lowest BCUT2D eigenvalue weighted by Gasteiger charge is -2.10. The topological polar surface area (TPSA) is 64.6 Å². The average Bonchev–Trinajstić information content (AvgIpc) is 2.57. The molecule has 0 spiro atoms. The van der Waals surface area contributed by atoms with Gasteiger partial charge in [-0.25, -0.2) is 0 Å². The average molecular weight is 339 g/mol. The van der Waals surface area contributed by atoms with Crippen LogP contribution in [0.2, 0.25) is 0 Å². The zero-order valence-corrected chi connectivity index (χ0v) is 14.5. The molecule has 1 amide bonds. The van der Waals surface area contributed by atoms with Crippen molar-refractivity contribution in [2.75, 3.05) is 12.4 Å². The molecule has 0 saturated carbocycles. The summed E-state index contributed by atoms with van der Waals surface area (Å²) in [4.78, 5) is 23.2. The lowest BCUT2D eigenvalue weighted by atomic mass is 10.1. The standard InChI is InChI=1S/C20H21NO4/c1-4-5-15-8-11-18(19(12-15)24-3)25-20(23)13-16-6-9-17(10-7-16)21-14(2)22/h4-12H,13H2,1-3H3,(H,21,22)/b5-4+. The molecule has 0 aliphatic heterocycles. The summed E-state index contributed by atoms with van der Waals surface area (Å²) in [5.74, 6) is 0.366. The number of hydrogen-bond donors (Lipinski definition) is 1. The molecule has 0 aliphatic rings. The highest BCUT2D eigenvalue weighted by molar-refractivity contribution is 5.88. The molecule has 1 N–H and O–H groups in total. The number of carbonyl (C=O) groups is 2. The Labute approximate surface area is 147 Å². The van der Waals surface area contributed by atoms with E-state index in [2.05, 4.69) is 5.32 Å². The van der Waals surface area contributed by atoms with Gasteiger partial charge in [-0.1, -0.05) is 30.4 Å². The van der Waals surface area contributed by atoms with Gasteiger partial charge in [-0.15, -0.1) is 0 Å². The van der Waals surface area contributed by atoms with Gasteiger partial charge < -0.3 is 14.8 Å². The first-order valence-corrected chi connectivity index (χ1v) is 7.89. The third kappa shape index (κ3) is 5.49. The van der Waals surface area contributed by atoms with Gasteiger partial charge in [0, 0.05) is 12.6 Å². The summed E-state index contributed by atoms with van der Waals surface area (Å²) in [5.41, 5.74) is 2.45. The molecule has 0 unspecified atom stereocenters. The largest absolute Gasteiger partial charge is 0.493 e. The molecule has 0 aliphatic carbocycles. The van der Waals surface area contributed by atoms with Crippen molar-refractivity contribution in [3.05, 3.63) is 59.7 Å². The Kier molecular flexibility index (Phi) is 6.34. The van der Waals surface area contributed by atoms with Gasteiger partial charge in [-0.05, 0) is 42.3 Å². The van der Waals surface area contributed by atoms with Gasteiger partial charge in [0.2, 0.25) is 5.91 Å². The molecular formula is C20H21NO4. The zero-order valence-electron chi connectivity index (χ0n) is 14.5. The third-order valence-electron chi connectivity index (χ3n) is 3.39. The van der Waals surface area contributed by atoms with Gasteiger partial charge in [-0.2, -0.15) is 0 Å². The van der Waals surface area contributed by atoms with Crippen LogP contribution in [0.15, 0.2) is 48.5 Å². The van der Waals surface area contributed by atoms with Crippen molar-refractivity contribution in [3.8, 4) is 11.5 Å². The number of rotatable bonds is 6. The van der Waals surface area contributed by atoms with E-state index in [1.165, 1.54) is 14.0 Å². The van der Waals surface area contributed by atoms with E-state index >= 15 is 0 Å². The molecule has 0 fully saturated rings. The summed E-state index contributed by atoms with van der Waals surface area (Å²) in [6.07, 6.45) is 3.98. The van der Waals surface area contributed by atoms with Gasteiger partial charge >= 0.3 is 5.97 Å². The fourth-order valence-corrected chi connectivity index (χ4v) is 2.30. The van der Waals surface area contributed by atoms with E-state index in [1.54, 1.807) is 30.3 Å². The molecule has 5 nitrogen and oxygen atoms in total. The minimum atomic E-state index is -0.385. The lowest BCUT2D eigenvalue weighted by Crippen LogP contribution is -2.12. The Morgan fingerprint density at radius 3 is 2.40 bits per heavy atom. The summed E-state index contributed by atoms with van der Waals surface area (Å²) < 4.78 is 10.7. The molecule has 0 bridgehead atoms. The van der Waals surface area contributed by atoms with Gasteiger partial charge in [0.1, 0.15) is 0 Å². The van der Waals surface area contributed by atoms with Crippen molar-refractivity contribution in [1.29, 1.82) is 0 Å². The fraction of sp³-hybridized carbons (Fsp3) is 0.200. The second-order valence-corrected chi connectivity index (χ2v) is 5.44. The van der Waals surface area contributed by atoms with E-state index in [1.807, 2.05) is 31.2 Å². The van der Waals surface area contributed by atoms with Crippen molar-refractivity contribution < 1.29 is 19.1 Å². The van der Waals surface area contributed by atoms with E-state index in [4.69, 9.17) is 9.47 Å². The summed E-state index contributed by atoms with van der Waals surface area (Å²) in [6.45, 7) is 3.37. The van der Waals surface area contributed by atoms with Crippen LogP contribution in [-0.2, 0) is 16.0 Å². The van der Waals surface area contributed by atoms with Crippen molar-refractivity contribution in [2.45, 2.75) is 20.3 Å². The second kappa shape index (κ2) is 8.68. The number of esters is 1. The predicted molar refractivity (Wildman–Crippen MR) is 97.8 cm³/mol. The Bertz CT molecular complexity index is 779. The molecule has 0 heterocycles. The minimum Gasteiger partial charge on any atom is -0.493 e. The molecule has 0 saturated heterocycles. The molecule has 25 heavy (non-hydrogen) atoms. The van der Waals surface area contributed by atoms with Crippen LogP contribution >= 0.6 is 0 Å². The predicted octanol–water partition coefficient (Wildman–Crippen LogP) is 3.83. The first kappa shape index (κ1) is 18.3. The number of anilines is 1. The summed E-state index contributed by atoms with van der Waals surface area (Å²) >= 11 is 0. The molecule has 130 valence electrons. The van der Waals surface area contributed by atoms with Crippen molar-refractivity contribution >= 4 is 23.6 Å². The fourth-order valence-electron chi connectivity index (χ4n) is 2.30. The number of carbonyl (C=O) groups excluding carboxylic acids is 2. The number of hydrogen-bond acceptors (Lipinski definition) is 4. The highest BCUT2D eigenvalue weighted by Gasteiger charge is 2.11. The Balaban J connectivity index is 2.03. The molecule has 5 heteroatoms. The van der Waals surface area contributed by atoms with Gasteiger partial charge in [0.05, 0.1) is 13.5 Å². The van der Waals surface area contributed by atoms with E-state index in [0.29, 0.717) is 17.2 Å². The molecule has 2 aromatic rings. The normalized spacial score (nSPS) is 10.5. The number of amides is 1. The molecule has 0 radical (unpaired) electrons. The first-order chi connectivity index (χ1) is 12.0. The zero-order chi connectivity index (χ0) is 18.2. The molecule has 2 rings (SSSR count). The highest BCUT2D eigenvalue weighted by Crippen LogP contribution is 2.29. The monoisotopic (exact) mass is 339 g/mol. The highest BCUT2D eigenvalue weighted by atomic mass is 16.6. The SMILES string of the molecule is C/C=C/c1ccc(OC(=O)Cc2ccc(NC(C)=O)cc2)c(OC)c1. The van der Waals surface area contributed by atoms with E-state index in [9.17, 15) is 9.59 Å². The lowest BCUT2D eigenvalue weighted by molar-refractivity contribution is -0.133. The van der Waals surface area contributed by atoms with Gasteiger partial charge in [0.25, 0.3) is 0 Å². The maximum absolute atomic E-state index is 12.2. The van der Waals surface area contributed by atoms with Crippen molar-refractivity contribution in [1.82, 2.24) is 0 Å². The molecular weight excluding hydrogens is 318 g/mol. The van der Waals surface area contributed by atoms with Gasteiger partial charge in [0.15, 0.2) is 11.5 Å². The minimum absolute atomic E-state index is 0.125. The maximum Gasteiger partial charge on any atom is 0.315 e. The van der Waals surface area contributed by atoms with Crippen LogP contribution in [0.3, 0.4) is 0 Å². The number of nitrogens with one attached hydrogen (secondary N) is 1. The number of allylic oxidation sites excluding steroid dienone is 1. The smallest absolute Gasteiger partial charge is 0.315 e. The van der Waals surface area contributed by atoms with E-state index in [0.717, 1.165) is 11.1 Å². The number of methoxy groups -OCH3 is 1. The Morgan fingerprint density at radius 2 is 1.80 bits per heavy atom. The van der Waals surface area contributed by atoms with Crippen LogP contribution in [0.4, 0.5) is 5.69 Å². The summed E-state index contributed by atoms with van der Waals surface area (Å²) in [5, 5.41) is 2.68. The van der Waals surface area contributed by atoms with Gasteiger partial charge in [-0.3, -0.25) is 9.59 Å². The van der Waals surface area contributed by atoms with Crippen LogP contribution in [0.5, 0.6) is 11.5 Å². The summed E-state index contributed by atoms with van der Waals surface area (Å²) in [6, 6.07) is 12.4. The molecule has 2 aromatic carbocycles. The molecule has 0 atom stereocenters. The summed E-state index contributed by atoms with van der Waals surface area (Å²) in [7, 11) is 1.53. The van der Waals surface area contributed by atoms with Crippen LogP contribution in [0, 0.1) is 0 Å². The van der Waals surface area contributed by atoms with E-state index in [-0.39, 0.29) is 18.3 Å². The number of benzene rings is 2. The van der Waals surface area contributed by atoms with Crippen LogP contribution < -0.4 is 14.8 Å². The van der Waals surface area contributed by atoms with Crippen LogP contribution in [-0.4, -0.2) is 19.0 Å². The Hall–Kier alpha value is -3.08.